The van der Waals surface area contributed by atoms with Crippen LogP contribution < -0.4 is 10.2 Å². The van der Waals surface area contributed by atoms with Gasteiger partial charge in [-0.1, -0.05) is 29.5 Å². The minimum Gasteiger partial charge on any atom is -0.369 e. The Labute approximate surface area is 141 Å². The number of benzene rings is 1. The second-order valence-corrected chi connectivity index (χ2v) is 6.04. The molecular formula is C16H14N6OS. The summed E-state index contributed by atoms with van der Waals surface area (Å²) in [6.07, 6.45) is 4.01. The fourth-order valence-electron chi connectivity index (χ4n) is 2.49. The molecule has 0 aliphatic rings. The molecule has 0 aliphatic heterocycles. The molecule has 0 bridgehead atoms. The molecule has 8 heteroatoms. The lowest BCUT2D eigenvalue weighted by Crippen LogP contribution is -2.08. The van der Waals surface area contributed by atoms with Gasteiger partial charge in [0, 0.05) is 24.0 Å². The van der Waals surface area contributed by atoms with Crippen molar-refractivity contribution < 1.29 is 0 Å². The Hall–Kier alpha value is -3.00. The van der Waals surface area contributed by atoms with E-state index in [9.17, 15) is 4.79 Å². The van der Waals surface area contributed by atoms with Crippen LogP contribution in [0.3, 0.4) is 0 Å². The zero-order valence-corrected chi connectivity index (χ0v) is 13.5. The summed E-state index contributed by atoms with van der Waals surface area (Å²) in [4.78, 5) is 22.6. The standard InChI is InChI=1S/C16H14N6OS/c23-16-21-11(9-24-16)6-7-17-14-13-8-20-22(15(13)19-10-18-14)12-4-2-1-3-5-12/h1-5,8-10H,6-7H2,(H,21,23)(H,17,18,19). The van der Waals surface area contributed by atoms with Gasteiger partial charge in [0.1, 0.15) is 12.1 Å². The van der Waals surface area contributed by atoms with Gasteiger partial charge in [-0.05, 0) is 12.1 Å². The molecule has 24 heavy (non-hydrogen) atoms. The second kappa shape index (κ2) is 6.25. The highest BCUT2D eigenvalue weighted by Crippen LogP contribution is 2.21. The monoisotopic (exact) mass is 338 g/mol. The molecule has 0 fully saturated rings. The number of thiazole rings is 1. The van der Waals surface area contributed by atoms with Crippen molar-refractivity contribution in [1.82, 2.24) is 24.7 Å². The number of fused-ring (bicyclic) bond motifs is 1. The highest BCUT2D eigenvalue weighted by Gasteiger charge is 2.10. The number of aromatic amines is 1. The van der Waals surface area contributed by atoms with Gasteiger partial charge >= 0.3 is 4.87 Å². The zero-order chi connectivity index (χ0) is 16.4. The maximum atomic E-state index is 11.1. The van der Waals surface area contributed by atoms with Gasteiger partial charge in [0.15, 0.2) is 5.65 Å². The Kier molecular flexibility index (Phi) is 3.80. The smallest absolute Gasteiger partial charge is 0.304 e. The number of H-pyrrole nitrogens is 1. The molecule has 120 valence electrons. The molecule has 0 spiro atoms. The van der Waals surface area contributed by atoms with E-state index < -0.39 is 0 Å². The van der Waals surface area contributed by atoms with Crippen molar-refractivity contribution in [2.75, 3.05) is 11.9 Å². The molecule has 1 aromatic carbocycles. The Morgan fingerprint density at radius 3 is 2.88 bits per heavy atom. The molecule has 7 nitrogen and oxygen atoms in total. The Morgan fingerprint density at radius 1 is 1.21 bits per heavy atom. The minimum atomic E-state index is -0.0291. The molecule has 0 aliphatic carbocycles. The summed E-state index contributed by atoms with van der Waals surface area (Å²) in [6.45, 7) is 0.662. The third kappa shape index (κ3) is 2.79. The van der Waals surface area contributed by atoms with Crippen LogP contribution in [-0.2, 0) is 6.42 Å². The van der Waals surface area contributed by atoms with Gasteiger partial charge < -0.3 is 10.3 Å². The zero-order valence-electron chi connectivity index (χ0n) is 12.6. The van der Waals surface area contributed by atoms with Crippen molar-refractivity contribution >= 4 is 28.2 Å². The van der Waals surface area contributed by atoms with Crippen LogP contribution in [0.25, 0.3) is 16.7 Å². The van der Waals surface area contributed by atoms with Crippen molar-refractivity contribution in [3.63, 3.8) is 0 Å². The third-order valence-corrected chi connectivity index (χ3v) is 4.34. The van der Waals surface area contributed by atoms with Crippen LogP contribution in [0, 0.1) is 0 Å². The molecule has 3 heterocycles. The average molecular weight is 338 g/mol. The molecular weight excluding hydrogens is 324 g/mol. The quantitative estimate of drug-likeness (QED) is 0.582. The highest BCUT2D eigenvalue weighted by atomic mass is 32.1. The molecule has 0 amide bonds. The van der Waals surface area contributed by atoms with Gasteiger partial charge in [-0.15, -0.1) is 0 Å². The lowest BCUT2D eigenvalue weighted by Gasteiger charge is -2.06. The van der Waals surface area contributed by atoms with Gasteiger partial charge in [-0.2, -0.15) is 5.10 Å². The van der Waals surface area contributed by atoms with Crippen molar-refractivity contribution in [3.05, 3.63) is 63.6 Å². The minimum absolute atomic E-state index is 0.0291. The van der Waals surface area contributed by atoms with Crippen LogP contribution in [0.1, 0.15) is 5.69 Å². The van der Waals surface area contributed by atoms with Crippen LogP contribution in [0.15, 0.2) is 53.0 Å². The van der Waals surface area contributed by atoms with Crippen LogP contribution in [0.2, 0.25) is 0 Å². The third-order valence-electron chi connectivity index (χ3n) is 3.62. The van der Waals surface area contributed by atoms with E-state index in [-0.39, 0.29) is 4.87 Å². The number of anilines is 1. The Morgan fingerprint density at radius 2 is 2.08 bits per heavy atom. The topological polar surface area (TPSA) is 88.5 Å². The first-order valence-electron chi connectivity index (χ1n) is 7.46. The van der Waals surface area contributed by atoms with E-state index in [1.807, 2.05) is 35.7 Å². The van der Waals surface area contributed by atoms with E-state index in [4.69, 9.17) is 0 Å². The van der Waals surface area contributed by atoms with Gasteiger partial charge in [-0.25, -0.2) is 14.6 Å². The summed E-state index contributed by atoms with van der Waals surface area (Å²) >= 11 is 1.18. The molecule has 2 N–H and O–H groups in total. The van der Waals surface area contributed by atoms with Gasteiger partial charge in [0.25, 0.3) is 0 Å². The summed E-state index contributed by atoms with van der Waals surface area (Å²) in [6, 6.07) is 9.85. The van der Waals surface area contributed by atoms with E-state index in [2.05, 4.69) is 25.4 Å². The second-order valence-electron chi connectivity index (χ2n) is 5.20. The predicted octanol–water partition coefficient (Wildman–Crippen LogP) is 2.22. The van der Waals surface area contributed by atoms with Gasteiger partial charge in [-0.3, -0.25) is 4.79 Å². The van der Waals surface area contributed by atoms with E-state index >= 15 is 0 Å². The maximum absolute atomic E-state index is 11.1. The van der Waals surface area contributed by atoms with Crippen molar-refractivity contribution in [2.24, 2.45) is 0 Å². The molecule has 0 saturated heterocycles. The molecule has 0 unspecified atom stereocenters. The van der Waals surface area contributed by atoms with E-state index in [1.165, 1.54) is 17.7 Å². The van der Waals surface area contributed by atoms with Crippen LogP contribution in [0.5, 0.6) is 0 Å². The first-order valence-corrected chi connectivity index (χ1v) is 8.34. The number of aromatic nitrogens is 5. The van der Waals surface area contributed by atoms with Crippen LogP contribution >= 0.6 is 11.3 Å². The average Bonchev–Trinajstić information content (AvgIpc) is 3.22. The summed E-state index contributed by atoms with van der Waals surface area (Å²) in [7, 11) is 0. The first-order chi connectivity index (χ1) is 11.8. The molecule has 4 aromatic rings. The lowest BCUT2D eigenvalue weighted by molar-refractivity contribution is 0.895. The van der Waals surface area contributed by atoms with E-state index in [0.29, 0.717) is 6.54 Å². The Bertz CT molecular complexity index is 1020. The van der Waals surface area contributed by atoms with Gasteiger partial charge in [0.05, 0.1) is 17.3 Å². The molecule has 4 rings (SSSR count). The van der Waals surface area contributed by atoms with Crippen molar-refractivity contribution in [1.29, 1.82) is 0 Å². The van der Waals surface area contributed by atoms with Crippen LogP contribution in [0.4, 0.5) is 5.82 Å². The number of rotatable bonds is 5. The molecule has 3 aromatic heterocycles. The largest absolute Gasteiger partial charge is 0.369 e. The van der Waals surface area contributed by atoms with Gasteiger partial charge in [0.2, 0.25) is 0 Å². The van der Waals surface area contributed by atoms with Crippen molar-refractivity contribution in [2.45, 2.75) is 6.42 Å². The maximum Gasteiger partial charge on any atom is 0.304 e. The first kappa shape index (κ1) is 14.6. The number of hydrogen-bond acceptors (Lipinski definition) is 6. The lowest BCUT2D eigenvalue weighted by atomic mass is 10.3. The molecule has 0 radical (unpaired) electrons. The summed E-state index contributed by atoms with van der Waals surface area (Å²) in [5.74, 6) is 0.736. The predicted molar refractivity (Wildman–Crippen MR) is 93.8 cm³/mol. The SMILES string of the molecule is O=c1[nH]c(CCNc2ncnc3c2cnn3-c2ccccc2)cs1. The number of nitrogens with zero attached hydrogens (tertiary/aromatic N) is 4. The van der Waals surface area contributed by atoms with Crippen molar-refractivity contribution in [3.8, 4) is 5.69 Å². The number of hydrogen-bond donors (Lipinski definition) is 2. The Balaban J connectivity index is 1.58. The molecule has 0 saturated carbocycles. The normalized spacial score (nSPS) is 11.0. The number of nitrogens with one attached hydrogen (secondary N) is 2. The molecule has 0 atom stereocenters. The van der Waals surface area contributed by atoms with E-state index in [0.717, 1.165) is 34.7 Å². The fraction of sp³-hybridized carbons (Fsp3) is 0.125. The summed E-state index contributed by atoms with van der Waals surface area (Å²) in [5.41, 5.74) is 2.62. The summed E-state index contributed by atoms with van der Waals surface area (Å²) < 4.78 is 1.79. The number of para-hydroxylation sites is 1. The summed E-state index contributed by atoms with van der Waals surface area (Å²) in [5, 5.41) is 10.4. The van der Waals surface area contributed by atoms with Crippen LogP contribution in [-0.4, -0.2) is 31.3 Å². The van der Waals surface area contributed by atoms with E-state index in [1.54, 1.807) is 10.9 Å². The fourth-order valence-corrected chi connectivity index (χ4v) is 3.11. The highest BCUT2D eigenvalue weighted by molar-refractivity contribution is 7.07.